The molecule has 3 aromatic rings. The number of aromatic nitrogens is 1. The molecule has 0 unspecified atom stereocenters. The number of likely N-dealkylation sites (tertiary alicyclic amines) is 1. The van der Waals surface area contributed by atoms with Crippen LogP contribution in [0.25, 0.3) is 10.9 Å². The summed E-state index contributed by atoms with van der Waals surface area (Å²) in [5.41, 5.74) is 3.22. The highest BCUT2D eigenvalue weighted by Crippen LogP contribution is 2.28. The van der Waals surface area contributed by atoms with Gasteiger partial charge in [0.05, 0.1) is 10.4 Å². The number of anilines is 1. The number of rotatable bonds is 5. The molecule has 33 heavy (non-hydrogen) atoms. The number of hydrogen-bond acceptors (Lipinski definition) is 6. The number of carbonyl (C=O) groups is 1. The minimum Gasteiger partial charge on any atom is -0.369 e. The molecular formula is C25H27N5O3. The molecule has 0 aliphatic carbocycles. The predicted octanol–water partition coefficient (Wildman–Crippen LogP) is 3.70. The van der Waals surface area contributed by atoms with Gasteiger partial charge in [0.15, 0.2) is 0 Å². The van der Waals surface area contributed by atoms with E-state index in [0.29, 0.717) is 13.1 Å². The first-order valence-electron chi connectivity index (χ1n) is 11.5. The Hall–Kier alpha value is -3.52. The van der Waals surface area contributed by atoms with Crippen molar-refractivity contribution in [2.24, 2.45) is 0 Å². The first-order valence-corrected chi connectivity index (χ1v) is 11.5. The summed E-state index contributed by atoms with van der Waals surface area (Å²) in [4.78, 5) is 35.0. The summed E-state index contributed by atoms with van der Waals surface area (Å²) < 4.78 is 0. The minimum atomic E-state index is -0.455. The second-order valence-electron chi connectivity index (χ2n) is 8.71. The van der Waals surface area contributed by atoms with Crippen LogP contribution < -0.4 is 4.90 Å². The fourth-order valence-electron chi connectivity index (χ4n) is 4.84. The number of nitrogens with zero attached hydrogens (tertiary/aromatic N) is 5. The normalized spacial score (nSPS) is 17.0. The number of carbonyl (C=O) groups excluding carboxylic acids is 1. The van der Waals surface area contributed by atoms with Gasteiger partial charge >= 0.3 is 0 Å². The zero-order valence-electron chi connectivity index (χ0n) is 18.5. The van der Waals surface area contributed by atoms with E-state index in [4.69, 9.17) is 0 Å². The van der Waals surface area contributed by atoms with Gasteiger partial charge in [-0.15, -0.1) is 0 Å². The maximum absolute atomic E-state index is 13.0. The molecule has 2 aliphatic heterocycles. The van der Waals surface area contributed by atoms with Crippen LogP contribution in [0.3, 0.4) is 0 Å². The molecule has 5 rings (SSSR count). The van der Waals surface area contributed by atoms with E-state index in [9.17, 15) is 14.9 Å². The van der Waals surface area contributed by atoms with Crippen molar-refractivity contribution in [2.75, 3.05) is 44.2 Å². The number of para-hydroxylation sites is 1. The second-order valence-corrected chi connectivity index (χ2v) is 8.71. The Morgan fingerprint density at radius 2 is 1.73 bits per heavy atom. The van der Waals surface area contributed by atoms with Gasteiger partial charge in [0, 0.05) is 69.2 Å². The van der Waals surface area contributed by atoms with Crippen LogP contribution >= 0.6 is 0 Å². The summed E-state index contributed by atoms with van der Waals surface area (Å²) >= 11 is 0. The van der Waals surface area contributed by atoms with Crippen molar-refractivity contribution >= 4 is 28.2 Å². The van der Waals surface area contributed by atoms with E-state index in [2.05, 4.69) is 39.0 Å². The van der Waals surface area contributed by atoms with Crippen LogP contribution in [-0.4, -0.2) is 64.9 Å². The van der Waals surface area contributed by atoms with Gasteiger partial charge in [-0.2, -0.15) is 0 Å². The summed E-state index contributed by atoms with van der Waals surface area (Å²) in [6, 6.07) is 15.3. The standard InChI is InChI=1S/C25H27N5O3/c31-25(29-11-1-2-12-29)22-17-21(8-9-23(22)30(32)33)28-15-13-27(14-16-28)18-20-6-3-5-19-7-4-10-26-24(19)20/h3-10,17H,1-2,11-16,18H2. The van der Waals surface area contributed by atoms with E-state index in [1.54, 1.807) is 17.0 Å². The molecule has 0 N–H and O–H groups in total. The van der Waals surface area contributed by atoms with Crippen molar-refractivity contribution in [3.8, 4) is 0 Å². The fraction of sp³-hybridized carbons (Fsp3) is 0.360. The van der Waals surface area contributed by atoms with Crippen LogP contribution in [-0.2, 0) is 6.54 Å². The van der Waals surface area contributed by atoms with Crippen LogP contribution in [0, 0.1) is 10.1 Å². The quantitative estimate of drug-likeness (QED) is 0.440. The highest BCUT2D eigenvalue weighted by Gasteiger charge is 2.28. The van der Waals surface area contributed by atoms with Gasteiger partial charge in [-0.05, 0) is 36.6 Å². The molecule has 0 atom stereocenters. The average Bonchev–Trinajstić information content (AvgIpc) is 3.39. The predicted molar refractivity (Wildman–Crippen MR) is 127 cm³/mol. The molecule has 0 radical (unpaired) electrons. The first-order chi connectivity index (χ1) is 16.1. The van der Waals surface area contributed by atoms with Crippen LogP contribution in [0.4, 0.5) is 11.4 Å². The molecule has 2 aromatic carbocycles. The van der Waals surface area contributed by atoms with Gasteiger partial charge in [-0.1, -0.05) is 24.3 Å². The minimum absolute atomic E-state index is 0.113. The van der Waals surface area contributed by atoms with Crippen molar-refractivity contribution in [3.05, 3.63) is 76.0 Å². The topological polar surface area (TPSA) is 82.8 Å². The largest absolute Gasteiger partial charge is 0.369 e. The Morgan fingerprint density at radius 3 is 2.48 bits per heavy atom. The second kappa shape index (κ2) is 9.15. The van der Waals surface area contributed by atoms with Crippen molar-refractivity contribution in [1.82, 2.24) is 14.8 Å². The Labute approximate surface area is 192 Å². The number of nitro groups is 1. The van der Waals surface area contributed by atoms with Crippen LogP contribution in [0.15, 0.2) is 54.7 Å². The molecule has 170 valence electrons. The van der Waals surface area contributed by atoms with Crippen molar-refractivity contribution in [1.29, 1.82) is 0 Å². The third-order valence-electron chi connectivity index (χ3n) is 6.65. The zero-order valence-corrected chi connectivity index (χ0v) is 18.5. The van der Waals surface area contributed by atoms with Crippen molar-refractivity contribution < 1.29 is 9.72 Å². The lowest BCUT2D eigenvalue weighted by atomic mass is 10.1. The molecule has 0 saturated carbocycles. The number of fused-ring (bicyclic) bond motifs is 1. The molecule has 1 amide bonds. The van der Waals surface area contributed by atoms with E-state index < -0.39 is 4.92 Å². The van der Waals surface area contributed by atoms with Gasteiger partial charge < -0.3 is 9.80 Å². The lowest BCUT2D eigenvalue weighted by Gasteiger charge is -2.36. The highest BCUT2D eigenvalue weighted by atomic mass is 16.6. The van der Waals surface area contributed by atoms with Crippen molar-refractivity contribution in [2.45, 2.75) is 19.4 Å². The smallest absolute Gasteiger partial charge is 0.282 e. The number of nitro benzene ring substituents is 1. The number of amides is 1. The molecule has 3 heterocycles. The molecule has 2 saturated heterocycles. The van der Waals surface area contributed by atoms with E-state index in [1.165, 1.54) is 11.6 Å². The highest BCUT2D eigenvalue weighted by molar-refractivity contribution is 5.99. The molecule has 8 nitrogen and oxygen atoms in total. The van der Waals surface area contributed by atoms with Gasteiger partial charge in [0.1, 0.15) is 5.56 Å². The van der Waals surface area contributed by atoms with E-state index >= 15 is 0 Å². The number of pyridine rings is 1. The fourth-order valence-corrected chi connectivity index (χ4v) is 4.84. The van der Waals surface area contributed by atoms with Crippen LogP contribution in [0.5, 0.6) is 0 Å². The van der Waals surface area contributed by atoms with E-state index in [0.717, 1.165) is 62.2 Å². The lowest BCUT2D eigenvalue weighted by molar-refractivity contribution is -0.385. The van der Waals surface area contributed by atoms with Gasteiger partial charge in [-0.3, -0.25) is 24.8 Å². The van der Waals surface area contributed by atoms with Gasteiger partial charge in [0.2, 0.25) is 0 Å². The van der Waals surface area contributed by atoms with Crippen LogP contribution in [0.2, 0.25) is 0 Å². The Bertz CT molecular complexity index is 1180. The van der Waals surface area contributed by atoms with Gasteiger partial charge in [0.25, 0.3) is 11.6 Å². The van der Waals surface area contributed by atoms with Gasteiger partial charge in [-0.25, -0.2) is 0 Å². The first kappa shape index (κ1) is 21.3. The summed E-state index contributed by atoms with van der Waals surface area (Å²) in [5, 5.41) is 12.7. The van der Waals surface area contributed by atoms with Crippen molar-refractivity contribution in [3.63, 3.8) is 0 Å². The third kappa shape index (κ3) is 4.39. The maximum Gasteiger partial charge on any atom is 0.282 e. The molecule has 2 aliphatic rings. The zero-order chi connectivity index (χ0) is 22.8. The number of hydrogen-bond donors (Lipinski definition) is 0. The number of piperazine rings is 1. The number of benzene rings is 2. The Balaban J connectivity index is 1.30. The van der Waals surface area contributed by atoms with E-state index in [-0.39, 0.29) is 17.2 Å². The molecule has 0 bridgehead atoms. The summed E-state index contributed by atoms with van der Waals surface area (Å²) in [7, 11) is 0. The molecule has 2 fully saturated rings. The third-order valence-corrected chi connectivity index (χ3v) is 6.65. The molecule has 0 spiro atoms. The van der Waals surface area contributed by atoms with Crippen LogP contribution in [0.1, 0.15) is 28.8 Å². The van der Waals surface area contributed by atoms with E-state index in [1.807, 2.05) is 12.3 Å². The lowest BCUT2D eigenvalue weighted by Crippen LogP contribution is -2.46. The monoisotopic (exact) mass is 445 g/mol. The average molecular weight is 446 g/mol. The summed E-state index contributed by atoms with van der Waals surface area (Å²) in [5.74, 6) is -0.233. The summed E-state index contributed by atoms with van der Waals surface area (Å²) in [6.45, 7) is 5.51. The molecular weight excluding hydrogens is 418 g/mol. The molecule has 8 heteroatoms. The Morgan fingerprint density at radius 1 is 0.970 bits per heavy atom. The molecule has 1 aromatic heterocycles. The maximum atomic E-state index is 13.0. The summed E-state index contributed by atoms with van der Waals surface area (Å²) in [6.07, 6.45) is 3.74. The SMILES string of the molecule is O=C(c1cc(N2CCN(Cc3cccc4cccnc34)CC2)ccc1[N+](=O)[O-])N1CCCC1. The Kier molecular flexibility index (Phi) is 5.92.